The summed E-state index contributed by atoms with van der Waals surface area (Å²) in [4.78, 5) is 0. The predicted octanol–water partition coefficient (Wildman–Crippen LogP) is -1.16. The zero-order chi connectivity index (χ0) is 4.00. The van der Waals surface area contributed by atoms with Crippen LogP contribution in [0.3, 0.4) is 0 Å². The summed E-state index contributed by atoms with van der Waals surface area (Å²) in [7, 11) is 0. The fraction of sp³-hybridized carbons (Fsp3) is 0. The summed E-state index contributed by atoms with van der Waals surface area (Å²) in [5.41, 5.74) is 0. The molecule has 0 bridgehead atoms. The molecule has 0 aromatic carbocycles. The molecule has 0 saturated heterocycles. The van der Waals surface area contributed by atoms with Crippen LogP contribution < -0.4 is 0 Å². The summed E-state index contributed by atoms with van der Waals surface area (Å²) < 4.78 is 16.4. The summed E-state index contributed by atoms with van der Waals surface area (Å²) in [6.07, 6.45) is 0. The van der Waals surface area contributed by atoms with E-state index in [2.05, 4.69) is 0 Å². The van der Waals surface area contributed by atoms with Crippen molar-refractivity contribution in [3.63, 3.8) is 0 Å². The average Bonchev–Trinajstić information content (AvgIpc) is 1.50. The molecule has 0 N–H and O–H groups in total. The van der Waals surface area contributed by atoms with Crippen molar-refractivity contribution in [1.82, 2.24) is 0 Å². The van der Waals surface area contributed by atoms with Crippen LogP contribution in [0.15, 0.2) is 0 Å². The Morgan fingerprint density at radius 3 is 1.14 bits per heavy atom. The van der Waals surface area contributed by atoms with Gasteiger partial charge in [-0.1, -0.05) is 0 Å². The van der Waals surface area contributed by atoms with Gasteiger partial charge < -0.3 is 0 Å². The maximum absolute atomic E-state index is 8.38. The van der Waals surface area contributed by atoms with Gasteiger partial charge in [-0.25, -0.2) is 0 Å². The quantitative estimate of drug-likeness (QED) is 0.424. The van der Waals surface area contributed by atoms with E-state index in [1.165, 1.54) is 0 Å². The van der Waals surface area contributed by atoms with Gasteiger partial charge in [0.25, 0.3) is 0 Å². The first-order valence-corrected chi connectivity index (χ1v) is 1.99. The van der Waals surface area contributed by atoms with Crippen LogP contribution >= 0.6 is 0 Å². The average molecular weight is 464 g/mol. The summed E-state index contributed by atoms with van der Waals surface area (Å²) >= 11 is 2.10. The van der Waals surface area contributed by atoms with Crippen LogP contribution in [-0.4, -0.2) is 45.5 Å². The van der Waals surface area contributed by atoms with Crippen LogP contribution in [0.5, 0.6) is 0 Å². The van der Waals surface area contributed by atoms with Crippen LogP contribution in [0.1, 0.15) is 0 Å². The molecule has 0 rings (SSSR count). The molecule has 0 atom stereocenters. The monoisotopic (exact) mass is 465 g/mol. The van der Waals surface area contributed by atoms with Gasteiger partial charge in [0.05, 0.1) is 0 Å². The normalized spacial score (nSPS) is 1.57. The van der Waals surface area contributed by atoms with Crippen molar-refractivity contribution in [3.05, 3.63) is 0 Å². The van der Waals surface area contributed by atoms with E-state index in [0.717, 1.165) is 0 Å². The second-order valence-electron chi connectivity index (χ2n) is 0. The molecule has 0 aromatic rings. The van der Waals surface area contributed by atoms with Gasteiger partial charge in [0.1, 0.15) is 0 Å². The van der Waals surface area contributed by atoms with Gasteiger partial charge in [-0.3, -0.25) is 0 Å². The van der Waals surface area contributed by atoms with E-state index >= 15 is 0 Å². The van der Waals surface area contributed by atoms with Gasteiger partial charge in [0.2, 0.25) is 0 Å². The molecule has 0 aliphatic rings. The number of hydrogen-bond donors (Lipinski definition) is 0. The van der Waals surface area contributed by atoms with E-state index in [-0.39, 0.29) is 129 Å². The molecule has 0 saturated carbocycles. The van der Waals surface area contributed by atoms with Gasteiger partial charge in [-0.15, -0.1) is 0 Å². The van der Waals surface area contributed by atoms with Gasteiger partial charge >= 0.3 is 98.3 Å². The molecule has 39 valence electrons. The van der Waals surface area contributed by atoms with Crippen LogP contribution in [0, 0.1) is 35.6 Å². The first-order valence-electron chi connectivity index (χ1n) is 0.380. The molecule has 0 aliphatic carbocycles. The van der Waals surface area contributed by atoms with Crippen molar-refractivity contribution in [1.29, 1.82) is 0 Å². The van der Waals surface area contributed by atoms with Crippen LogP contribution in [-0.2, 0) is 69.6 Å². The third-order valence-corrected chi connectivity index (χ3v) is 0. The van der Waals surface area contributed by atoms with E-state index < -0.39 is 0 Å². The molecular weight excluding hydrogens is 462 g/mol. The summed E-state index contributed by atoms with van der Waals surface area (Å²) in [6.45, 7) is 0. The van der Waals surface area contributed by atoms with E-state index in [0.29, 0.717) is 0 Å². The minimum absolute atomic E-state index is 0. The molecule has 0 fully saturated rings. The SMILES string of the molecule is [Co].[La].[O]=[Fe].[O]=[Y].[SrH2]. The molecule has 0 spiro atoms. The third-order valence-electron chi connectivity index (χ3n) is 0. The Morgan fingerprint density at radius 2 is 1.14 bits per heavy atom. The van der Waals surface area contributed by atoms with Crippen LogP contribution in [0.2, 0.25) is 0 Å². The van der Waals surface area contributed by atoms with Crippen molar-refractivity contribution in [2.75, 3.05) is 0 Å². The zero-order valence-corrected chi connectivity index (χ0v) is 11.3. The fourth-order valence-electron chi connectivity index (χ4n) is 0. The van der Waals surface area contributed by atoms with Crippen molar-refractivity contribution >= 4 is 45.5 Å². The Morgan fingerprint density at radius 1 is 1.14 bits per heavy atom. The molecule has 0 amide bonds. The molecule has 2 nitrogen and oxygen atoms in total. The molecule has 0 aromatic heterocycles. The molecule has 0 heterocycles. The molecule has 2 radical (unpaired) electrons. The summed E-state index contributed by atoms with van der Waals surface area (Å²) in [5.74, 6) is 0. The summed E-state index contributed by atoms with van der Waals surface area (Å²) in [6, 6.07) is 0. The zero-order valence-electron chi connectivity index (χ0n) is 2.66. The number of hydrogen-bond acceptors (Lipinski definition) is 2. The summed E-state index contributed by atoms with van der Waals surface area (Å²) in [5, 5.41) is 0. The van der Waals surface area contributed by atoms with E-state index in [1.54, 1.807) is 0 Å². The Hall–Kier alpha value is 4.41. The second-order valence-corrected chi connectivity index (χ2v) is 0. The Balaban J connectivity index is -0.00000000267. The Labute approximate surface area is 146 Å². The minimum atomic E-state index is 0. The maximum atomic E-state index is 8.38. The Bertz CT molecular complexity index is 19.7. The van der Waals surface area contributed by atoms with E-state index in [1.807, 2.05) is 15.9 Å². The van der Waals surface area contributed by atoms with Crippen molar-refractivity contribution in [2.45, 2.75) is 0 Å². The number of rotatable bonds is 0. The molecular formula is H2CoFeLaO2SrY. The van der Waals surface area contributed by atoms with Crippen molar-refractivity contribution in [3.8, 4) is 0 Å². The van der Waals surface area contributed by atoms with Crippen molar-refractivity contribution < 1.29 is 105 Å². The standard InChI is InChI=1S/Co.Fe.La.2O.Sr.Y.2H. The third kappa shape index (κ3) is 37.9. The van der Waals surface area contributed by atoms with Gasteiger partial charge in [-0.05, 0) is 0 Å². The van der Waals surface area contributed by atoms with Crippen molar-refractivity contribution in [2.24, 2.45) is 0 Å². The first-order chi connectivity index (χ1) is 2.00. The molecule has 0 unspecified atom stereocenters. The fourth-order valence-corrected chi connectivity index (χ4v) is 0. The van der Waals surface area contributed by atoms with E-state index in [9.17, 15) is 0 Å². The van der Waals surface area contributed by atoms with Crippen LogP contribution in [0.25, 0.3) is 0 Å². The second kappa shape index (κ2) is 47.4. The molecule has 7 heteroatoms. The van der Waals surface area contributed by atoms with Gasteiger partial charge in [-0.2, -0.15) is 0 Å². The predicted molar refractivity (Wildman–Crippen MR) is 9.92 cm³/mol. The Kier molecular flexibility index (Phi) is 204. The topological polar surface area (TPSA) is 34.1 Å². The molecule has 0 aliphatic heterocycles. The van der Waals surface area contributed by atoms with E-state index in [4.69, 9.17) is 5.88 Å². The first kappa shape index (κ1) is 30.1. The van der Waals surface area contributed by atoms with Gasteiger partial charge in [0, 0.05) is 52.4 Å². The van der Waals surface area contributed by atoms with Crippen LogP contribution in [0.4, 0.5) is 0 Å². The molecule has 7 heavy (non-hydrogen) atoms. The van der Waals surface area contributed by atoms with Gasteiger partial charge in [0.15, 0.2) is 0 Å².